The largest absolute Gasteiger partial charge is 0.378 e. The molecule has 0 aliphatic carbocycles. The Morgan fingerprint density at radius 1 is 1.42 bits per heavy atom. The average molecular weight is 278 g/mol. The number of hydrogen-bond donors (Lipinski definition) is 1. The number of methoxy groups -OCH3 is 1. The van der Waals surface area contributed by atoms with Crippen LogP contribution in [0, 0.1) is 0 Å². The molecule has 0 saturated heterocycles. The molecule has 19 heavy (non-hydrogen) atoms. The Morgan fingerprint density at radius 2 is 2.26 bits per heavy atom. The van der Waals surface area contributed by atoms with Crippen LogP contribution in [0.15, 0.2) is 24.4 Å². The molecule has 2 aromatic heterocycles. The van der Waals surface area contributed by atoms with Gasteiger partial charge in [-0.1, -0.05) is 6.07 Å². The molecular weight excluding hydrogens is 260 g/mol. The van der Waals surface area contributed by atoms with Crippen LogP contribution in [-0.2, 0) is 24.4 Å². The first-order valence-corrected chi connectivity index (χ1v) is 6.85. The van der Waals surface area contributed by atoms with Crippen molar-refractivity contribution in [2.75, 3.05) is 19.1 Å². The summed E-state index contributed by atoms with van der Waals surface area (Å²) in [4.78, 5) is 12.0. The summed E-state index contributed by atoms with van der Waals surface area (Å²) >= 11 is 1.61. The molecule has 5 nitrogen and oxygen atoms in total. The molecule has 0 aliphatic rings. The van der Waals surface area contributed by atoms with Crippen LogP contribution in [-0.4, -0.2) is 24.1 Å². The molecule has 2 N–H and O–H groups in total. The first-order chi connectivity index (χ1) is 9.24. The van der Waals surface area contributed by atoms with Crippen molar-refractivity contribution in [2.45, 2.75) is 19.7 Å². The summed E-state index contributed by atoms with van der Waals surface area (Å²) in [5, 5.41) is 0.943. The molecule has 0 bridgehead atoms. The lowest BCUT2D eigenvalue weighted by molar-refractivity contribution is 0.181. The summed E-state index contributed by atoms with van der Waals surface area (Å²) in [5.41, 5.74) is 7.68. The van der Waals surface area contributed by atoms with E-state index in [0.29, 0.717) is 13.2 Å². The Morgan fingerprint density at radius 3 is 2.89 bits per heavy atom. The van der Waals surface area contributed by atoms with Gasteiger partial charge < -0.3 is 15.4 Å². The lowest BCUT2D eigenvalue weighted by Crippen LogP contribution is -2.16. The van der Waals surface area contributed by atoms with Gasteiger partial charge in [-0.3, -0.25) is 4.98 Å². The van der Waals surface area contributed by atoms with Gasteiger partial charge in [0.15, 0.2) is 5.13 Å². The molecule has 0 aromatic carbocycles. The molecule has 0 unspecified atom stereocenters. The highest BCUT2D eigenvalue weighted by Crippen LogP contribution is 2.26. The Kier molecular flexibility index (Phi) is 4.84. The molecule has 0 aliphatic heterocycles. The molecule has 0 spiro atoms. The Balaban J connectivity index is 2.12. The summed E-state index contributed by atoms with van der Waals surface area (Å²) in [7, 11) is 3.67. The monoisotopic (exact) mass is 278 g/mol. The first-order valence-electron chi connectivity index (χ1n) is 6.03. The van der Waals surface area contributed by atoms with Crippen molar-refractivity contribution in [3.05, 3.63) is 40.7 Å². The summed E-state index contributed by atoms with van der Waals surface area (Å²) in [6, 6.07) is 5.90. The second-order valence-electron chi connectivity index (χ2n) is 4.18. The number of rotatable bonds is 6. The first kappa shape index (κ1) is 13.9. The number of nitrogens with zero attached hydrogens (tertiary/aromatic N) is 3. The van der Waals surface area contributed by atoms with Gasteiger partial charge in [0.05, 0.1) is 24.5 Å². The number of thiazole rings is 1. The van der Waals surface area contributed by atoms with E-state index in [9.17, 15) is 0 Å². The maximum atomic E-state index is 5.73. The summed E-state index contributed by atoms with van der Waals surface area (Å²) in [5.74, 6) is 0. The fraction of sp³-hybridized carbons (Fsp3) is 0.385. The molecule has 0 radical (unpaired) electrons. The third-order valence-corrected chi connectivity index (χ3v) is 3.92. The van der Waals surface area contributed by atoms with Crippen molar-refractivity contribution in [1.82, 2.24) is 9.97 Å². The van der Waals surface area contributed by atoms with E-state index in [0.717, 1.165) is 27.9 Å². The van der Waals surface area contributed by atoms with Crippen LogP contribution in [0.3, 0.4) is 0 Å². The van der Waals surface area contributed by atoms with E-state index in [4.69, 9.17) is 10.5 Å². The number of aromatic nitrogens is 2. The van der Waals surface area contributed by atoms with Crippen molar-refractivity contribution >= 4 is 16.5 Å². The topological polar surface area (TPSA) is 64.3 Å². The van der Waals surface area contributed by atoms with Crippen LogP contribution in [0.1, 0.15) is 16.3 Å². The highest BCUT2D eigenvalue weighted by molar-refractivity contribution is 7.15. The van der Waals surface area contributed by atoms with Crippen molar-refractivity contribution in [2.24, 2.45) is 5.73 Å². The number of pyridine rings is 1. The molecule has 2 aromatic rings. The van der Waals surface area contributed by atoms with Crippen LogP contribution >= 0.6 is 11.3 Å². The third-order valence-electron chi connectivity index (χ3n) is 2.69. The minimum atomic E-state index is 0.494. The molecular formula is C13H18N4OS. The van der Waals surface area contributed by atoms with E-state index in [2.05, 4.69) is 14.9 Å². The molecule has 6 heteroatoms. The predicted molar refractivity (Wildman–Crippen MR) is 77.1 cm³/mol. The van der Waals surface area contributed by atoms with Gasteiger partial charge in [0.25, 0.3) is 0 Å². The van der Waals surface area contributed by atoms with E-state index in [1.54, 1.807) is 24.6 Å². The minimum absolute atomic E-state index is 0.494. The van der Waals surface area contributed by atoms with Crippen molar-refractivity contribution in [1.29, 1.82) is 0 Å². The second-order valence-corrected chi connectivity index (χ2v) is 5.24. The highest BCUT2D eigenvalue weighted by Gasteiger charge is 2.13. The van der Waals surface area contributed by atoms with Gasteiger partial charge >= 0.3 is 0 Å². The zero-order valence-corrected chi connectivity index (χ0v) is 12.0. The lowest BCUT2D eigenvalue weighted by atomic mass is 10.3. The SMILES string of the molecule is COCc1nc(N(C)Cc2ccccn2)sc1CN. The normalized spacial score (nSPS) is 10.7. The maximum absolute atomic E-state index is 5.73. The standard InChI is InChI=1S/C13H18N4OS/c1-17(8-10-5-3-4-6-15-10)13-16-11(9-18-2)12(7-14)19-13/h3-6H,7-9,14H2,1-2H3. The summed E-state index contributed by atoms with van der Waals surface area (Å²) in [6.45, 7) is 1.72. The fourth-order valence-electron chi connectivity index (χ4n) is 1.74. The highest BCUT2D eigenvalue weighted by atomic mass is 32.1. The number of hydrogen-bond acceptors (Lipinski definition) is 6. The Bertz CT molecular complexity index is 515. The van der Waals surface area contributed by atoms with E-state index in [-0.39, 0.29) is 0 Å². The number of ether oxygens (including phenoxy) is 1. The van der Waals surface area contributed by atoms with Crippen molar-refractivity contribution in [3.8, 4) is 0 Å². The van der Waals surface area contributed by atoms with Gasteiger partial charge in [-0.25, -0.2) is 4.98 Å². The van der Waals surface area contributed by atoms with E-state index < -0.39 is 0 Å². The van der Waals surface area contributed by atoms with Gasteiger partial charge in [0.2, 0.25) is 0 Å². The van der Waals surface area contributed by atoms with Gasteiger partial charge in [-0.2, -0.15) is 0 Å². The molecule has 2 rings (SSSR count). The van der Waals surface area contributed by atoms with E-state index in [1.807, 2.05) is 25.2 Å². The molecule has 2 heterocycles. The van der Waals surface area contributed by atoms with Crippen LogP contribution < -0.4 is 10.6 Å². The zero-order valence-electron chi connectivity index (χ0n) is 11.2. The summed E-state index contributed by atoms with van der Waals surface area (Å²) in [6.07, 6.45) is 1.80. The van der Waals surface area contributed by atoms with Crippen LogP contribution in [0.25, 0.3) is 0 Å². The van der Waals surface area contributed by atoms with Gasteiger partial charge in [-0.05, 0) is 12.1 Å². The molecule has 0 saturated carbocycles. The molecule has 0 atom stereocenters. The van der Waals surface area contributed by atoms with Gasteiger partial charge in [-0.15, -0.1) is 11.3 Å². The average Bonchev–Trinajstić information content (AvgIpc) is 2.83. The van der Waals surface area contributed by atoms with Crippen LogP contribution in [0.2, 0.25) is 0 Å². The second kappa shape index (κ2) is 6.60. The summed E-state index contributed by atoms with van der Waals surface area (Å²) < 4.78 is 5.14. The maximum Gasteiger partial charge on any atom is 0.186 e. The lowest BCUT2D eigenvalue weighted by Gasteiger charge is -2.14. The Labute approximate surface area is 117 Å². The molecule has 102 valence electrons. The predicted octanol–water partition coefficient (Wildman–Crippen LogP) is 1.78. The van der Waals surface area contributed by atoms with E-state index in [1.165, 1.54) is 0 Å². The number of nitrogens with two attached hydrogens (primary N) is 1. The third kappa shape index (κ3) is 3.50. The number of anilines is 1. The molecule has 0 fully saturated rings. The minimum Gasteiger partial charge on any atom is -0.378 e. The smallest absolute Gasteiger partial charge is 0.186 e. The van der Waals surface area contributed by atoms with Gasteiger partial charge in [0, 0.05) is 31.8 Å². The van der Waals surface area contributed by atoms with E-state index >= 15 is 0 Å². The van der Waals surface area contributed by atoms with Crippen LogP contribution in [0.4, 0.5) is 5.13 Å². The van der Waals surface area contributed by atoms with Crippen molar-refractivity contribution < 1.29 is 4.74 Å². The van der Waals surface area contributed by atoms with Crippen molar-refractivity contribution in [3.63, 3.8) is 0 Å². The fourth-order valence-corrected chi connectivity index (χ4v) is 2.65. The quantitative estimate of drug-likeness (QED) is 0.872. The molecule has 0 amide bonds. The van der Waals surface area contributed by atoms with Crippen LogP contribution in [0.5, 0.6) is 0 Å². The zero-order chi connectivity index (χ0) is 13.7. The Hall–Kier alpha value is -1.50. The van der Waals surface area contributed by atoms with Gasteiger partial charge in [0.1, 0.15) is 0 Å².